The summed E-state index contributed by atoms with van der Waals surface area (Å²) in [5.74, 6) is 0.158. The van der Waals surface area contributed by atoms with Crippen LogP contribution in [0, 0.1) is 0 Å². The Morgan fingerprint density at radius 3 is 2.28 bits per heavy atom. The van der Waals surface area contributed by atoms with Gasteiger partial charge in [-0.25, -0.2) is 4.79 Å². The van der Waals surface area contributed by atoms with E-state index in [2.05, 4.69) is 10.3 Å². The molecule has 0 atom stereocenters. The van der Waals surface area contributed by atoms with Crippen LogP contribution >= 0.6 is 0 Å². The van der Waals surface area contributed by atoms with Crippen LogP contribution in [0.25, 0.3) is 0 Å². The zero-order chi connectivity index (χ0) is 22.8. The maximum absolute atomic E-state index is 12.8. The summed E-state index contributed by atoms with van der Waals surface area (Å²) in [6.45, 7) is 1.15. The van der Waals surface area contributed by atoms with Gasteiger partial charge in [0, 0.05) is 37.1 Å². The molecule has 2 amide bonds. The molecule has 1 aromatic heterocycles. The Kier molecular flexibility index (Phi) is 6.42. The molecule has 1 saturated carbocycles. The van der Waals surface area contributed by atoms with Crippen molar-refractivity contribution in [3.63, 3.8) is 0 Å². The van der Waals surface area contributed by atoms with Crippen molar-refractivity contribution in [1.29, 1.82) is 0 Å². The van der Waals surface area contributed by atoms with Gasteiger partial charge in [-0.3, -0.25) is 4.98 Å². The van der Waals surface area contributed by atoms with Crippen molar-refractivity contribution in [2.75, 3.05) is 13.1 Å². The van der Waals surface area contributed by atoms with Gasteiger partial charge in [0.05, 0.1) is 11.2 Å². The average molecular weight is 448 g/mol. The molecular weight excluding hydrogens is 419 g/mol. The third-order valence-corrected chi connectivity index (χ3v) is 6.83. The number of rotatable bonds is 3. The van der Waals surface area contributed by atoms with Crippen molar-refractivity contribution in [3.8, 4) is 0 Å². The number of halogens is 3. The van der Waals surface area contributed by atoms with Crippen LogP contribution in [-0.2, 0) is 11.8 Å². The van der Waals surface area contributed by atoms with E-state index in [1.165, 1.54) is 0 Å². The molecule has 32 heavy (non-hydrogen) atoms. The van der Waals surface area contributed by atoms with E-state index in [1.807, 2.05) is 12.1 Å². The Bertz CT molecular complexity index is 902. The summed E-state index contributed by atoms with van der Waals surface area (Å²) >= 11 is 0. The van der Waals surface area contributed by atoms with Gasteiger partial charge >= 0.3 is 12.2 Å². The summed E-state index contributed by atoms with van der Waals surface area (Å²) in [5, 5.41) is 14.0. The lowest BCUT2D eigenvalue weighted by molar-refractivity contribution is -0.137. The number of nitrogens with zero attached hydrogens (tertiary/aromatic N) is 2. The van der Waals surface area contributed by atoms with Crippen LogP contribution in [0.5, 0.6) is 0 Å². The number of alkyl halides is 3. The maximum Gasteiger partial charge on any atom is 0.416 e. The molecule has 5 nitrogen and oxygen atoms in total. The number of pyridine rings is 1. The Balaban J connectivity index is 1.25. The molecule has 1 saturated heterocycles. The van der Waals surface area contributed by atoms with Crippen molar-refractivity contribution < 1.29 is 23.1 Å². The Morgan fingerprint density at radius 1 is 1.06 bits per heavy atom. The molecule has 172 valence electrons. The number of aliphatic hydroxyl groups is 1. The predicted octanol–water partition coefficient (Wildman–Crippen LogP) is 4.82. The largest absolute Gasteiger partial charge is 0.416 e. The third-order valence-electron chi connectivity index (χ3n) is 6.83. The number of amides is 2. The highest BCUT2D eigenvalue weighted by Crippen LogP contribution is 2.37. The summed E-state index contributed by atoms with van der Waals surface area (Å²) in [6.07, 6.45) is 3.03. The Hall–Kier alpha value is -2.61. The van der Waals surface area contributed by atoms with E-state index in [4.69, 9.17) is 0 Å². The molecule has 8 heteroatoms. The first-order valence-corrected chi connectivity index (χ1v) is 11.1. The van der Waals surface area contributed by atoms with Gasteiger partial charge in [0.15, 0.2) is 0 Å². The van der Waals surface area contributed by atoms with Gasteiger partial charge in [0.2, 0.25) is 0 Å². The molecule has 1 aliphatic heterocycles. The van der Waals surface area contributed by atoms with E-state index < -0.39 is 17.3 Å². The quantitative estimate of drug-likeness (QED) is 0.709. The first-order valence-electron chi connectivity index (χ1n) is 11.1. The van der Waals surface area contributed by atoms with Crippen LogP contribution in [0.3, 0.4) is 0 Å². The van der Waals surface area contributed by atoms with Crippen molar-refractivity contribution in [2.45, 2.75) is 62.3 Å². The van der Waals surface area contributed by atoms with E-state index in [9.17, 15) is 23.1 Å². The number of piperidine rings is 1. The third kappa shape index (κ3) is 5.06. The second-order valence-corrected chi connectivity index (χ2v) is 8.88. The topological polar surface area (TPSA) is 65.5 Å². The van der Waals surface area contributed by atoms with Gasteiger partial charge < -0.3 is 15.3 Å². The second kappa shape index (κ2) is 9.10. The van der Waals surface area contributed by atoms with E-state index in [-0.39, 0.29) is 18.0 Å². The average Bonchev–Trinajstić information content (AvgIpc) is 2.81. The first kappa shape index (κ1) is 22.6. The minimum absolute atomic E-state index is 0.0204. The number of aromatic nitrogens is 1. The summed E-state index contributed by atoms with van der Waals surface area (Å²) in [4.78, 5) is 18.6. The van der Waals surface area contributed by atoms with Crippen LogP contribution < -0.4 is 5.32 Å². The van der Waals surface area contributed by atoms with Crippen LogP contribution in [0.2, 0.25) is 0 Å². The lowest BCUT2D eigenvalue weighted by Crippen LogP contribution is -2.49. The lowest BCUT2D eigenvalue weighted by atomic mass is 9.78. The second-order valence-electron chi connectivity index (χ2n) is 8.88. The summed E-state index contributed by atoms with van der Waals surface area (Å²) in [6, 6.07) is 8.97. The molecule has 2 aliphatic rings. The normalized spacial score (nSPS) is 24.9. The molecule has 1 aliphatic carbocycles. The number of hydrogen-bond acceptors (Lipinski definition) is 3. The maximum atomic E-state index is 12.8. The van der Waals surface area contributed by atoms with E-state index in [0.29, 0.717) is 38.8 Å². The molecule has 4 rings (SSSR count). The minimum atomic E-state index is -4.33. The van der Waals surface area contributed by atoms with E-state index in [1.54, 1.807) is 29.4 Å². The van der Waals surface area contributed by atoms with Crippen molar-refractivity contribution >= 4 is 6.03 Å². The zero-order valence-electron chi connectivity index (χ0n) is 17.8. The van der Waals surface area contributed by atoms with Crippen molar-refractivity contribution in [2.24, 2.45) is 0 Å². The van der Waals surface area contributed by atoms with E-state index in [0.717, 1.165) is 36.1 Å². The molecule has 2 fully saturated rings. The molecule has 0 bridgehead atoms. The Morgan fingerprint density at radius 2 is 1.72 bits per heavy atom. The molecule has 0 spiro atoms. The minimum Gasteiger partial charge on any atom is -0.385 e. The zero-order valence-corrected chi connectivity index (χ0v) is 17.8. The molecule has 2 N–H and O–H groups in total. The SMILES string of the molecule is O=C(NC1CCC(O)(c2cccnc2)CC1)N1CCC(c2ccc(C(F)(F)F)cc2)CC1. The monoisotopic (exact) mass is 447 g/mol. The standard InChI is InChI=1S/C24H28F3N3O2/c25-24(26,27)19-5-3-17(4-6-19)18-9-14-30(15-10-18)22(31)29-21-7-11-23(32,12-8-21)20-2-1-13-28-16-20/h1-6,13,16,18,21,32H,7-12,14-15H2,(H,29,31). The van der Waals surface area contributed by atoms with Crippen molar-refractivity contribution in [3.05, 3.63) is 65.5 Å². The van der Waals surface area contributed by atoms with Crippen LogP contribution in [0.15, 0.2) is 48.8 Å². The predicted molar refractivity (Wildman–Crippen MR) is 114 cm³/mol. The fourth-order valence-corrected chi connectivity index (χ4v) is 4.79. The highest BCUT2D eigenvalue weighted by Gasteiger charge is 2.36. The van der Waals surface area contributed by atoms with E-state index >= 15 is 0 Å². The van der Waals surface area contributed by atoms with Crippen LogP contribution in [0.4, 0.5) is 18.0 Å². The van der Waals surface area contributed by atoms with Crippen LogP contribution in [0.1, 0.15) is 61.1 Å². The highest BCUT2D eigenvalue weighted by atomic mass is 19.4. The van der Waals surface area contributed by atoms with Gasteiger partial charge in [0.1, 0.15) is 0 Å². The van der Waals surface area contributed by atoms with Crippen LogP contribution in [-0.4, -0.2) is 40.2 Å². The molecule has 0 radical (unpaired) electrons. The van der Waals surface area contributed by atoms with Gasteiger partial charge in [0.25, 0.3) is 0 Å². The Labute approximate surface area is 185 Å². The van der Waals surface area contributed by atoms with Gasteiger partial charge in [-0.05, 0) is 68.2 Å². The molecule has 2 aromatic rings. The number of carbonyl (C=O) groups excluding carboxylic acids is 1. The number of likely N-dealkylation sites (tertiary alicyclic amines) is 1. The van der Waals surface area contributed by atoms with Gasteiger partial charge in [-0.1, -0.05) is 18.2 Å². The molecule has 2 heterocycles. The highest BCUT2D eigenvalue weighted by molar-refractivity contribution is 5.74. The molecule has 1 aromatic carbocycles. The lowest BCUT2D eigenvalue weighted by Gasteiger charge is -2.38. The summed E-state index contributed by atoms with van der Waals surface area (Å²) in [5.41, 5.74) is 0.172. The fourth-order valence-electron chi connectivity index (χ4n) is 4.79. The van der Waals surface area contributed by atoms with Gasteiger partial charge in [-0.2, -0.15) is 13.2 Å². The molecular formula is C24H28F3N3O2. The van der Waals surface area contributed by atoms with Gasteiger partial charge in [-0.15, -0.1) is 0 Å². The smallest absolute Gasteiger partial charge is 0.385 e. The van der Waals surface area contributed by atoms with Crippen molar-refractivity contribution in [1.82, 2.24) is 15.2 Å². The number of carbonyl (C=O) groups is 1. The number of nitrogens with one attached hydrogen (secondary N) is 1. The fraction of sp³-hybridized carbons (Fsp3) is 0.500. The first-order chi connectivity index (χ1) is 15.2. The molecule has 0 unspecified atom stereocenters. The summed E-state index contributed by atoms with van der Waals surface area (Å²) < 4.78 is 38.3. The number of hydrogen-bond donors (Lipinski definition) is 2. The summed E-state index contributed by atoms with van der Waals surface area (Å²) in [7, 11) is 0. The number of urea groups is 1. The number of benzene rings is 1.